The first-order chi connectivity index (χ1) is 12.1. The molecule has 0 fully saturated rings. The third-order valence-electron chi connectivity index (χ3n) is 4.43. The van der Waals surface area contributed by atoms with Crippen LogP contribution in [0.3, 0.4) is 0 Å². The number of para-hydroxylation sites is 1. The Morgan fingerprint density at radius 1 is 0.800 bits per heavy atom. The number of carbonyl (C=O) groups excluding carboxylic acids is 1. The van der Waals surface area contributed by atoms with Crippen molar-refractivity contribution in [2.45, 2.75) is 19.7 Å². The first kappa shape index (κ1) is 17.2. The molecule has 25 heavy (non-hydrogen) atoms. The summed E-state index contributed by atoms with van der Waals surface area (Å²) in [4.78, 5) is 13.3. The van der Waals surface area contributed by atoms with Crippen molar-refractivity contribution in [2.24, 2.45) is 0 Å². The van der Waals surface area contributed by atoms with E-state index in [1.165, 1.54) is 0 Å². The van der Waals surface area contributed by atoms with Crippen molar-refractivity contribution in [3.63, 3.8) is 0 Å². The van der Waals surface area contributed by atoms with Crippen LogP contribution in [0.4, 0.5) is 0 Å². The Hall–Kier alpha value is -2.65. The largest absolute Gasteiger partial charge is 0.488 e. The van der Waals surface area contributed by atoms with Crippen molar-refractivity contribution in [1.82, 2.24) is 0 Å². The van der Waals surface area contributed by atoms with E-state index in [0.29, 0.717) is 17.9 Å². The summed E-state index contributed by atoms with van der Waals surface area (Å²) in [6, 6.07) is 27.6. The van der Waals surface area contributed by atoms with E-state index in [2.05, 4.69) is 25.2 Å². The van der Waals surface area contributed by atoms with Crippen LogP contribution in [0.25, 0.3) is 0 Å². The molecular weight excluding hydrogens is 324 g/mol. The number of hydrogen-bond donors (Lipinski definition) is 0. The third kappa shape index (κ3) is 3.89. The van der Waals surface area contributed by atoms with Crippen LogP contribution in [-0.4, -0.2) is 13.5 Å². The minimum atomic E-state index is -2.28. The molecule has 3 aromatic carbocycles. The molecule has 3 rings (SSSR count). The zero-order valence-electron chi connectivity index (χ0n) is 14.6. The fraction of sp³-hybridized carbons (Fsp3) is 0.136. The molecule has 2 nitrogen and oxygen atoms in total. The van der Waals surface area contributed by atoms with E-state index < -0.39 is 8.07 Å². The van der Waals surface area contributed by atoms with Crippen molar-refractivity contribution >= 4 is 18.7 Å². The smallest absolute Gasteiger partial charge is 0.163 e. The standard InChI is InChI=1S/C22H22O2Si/c1-25(2,19-13-7-4-8-14-19)22(23)20-15-9-10-16-21(20)24-17-18-11-5-3-6-12-18/h3-16H,17H2,1-2H3. The van der Waals surface area contributed by atoms with E-state index in [1.54, 1.807) is 0 Å². The second kappa shape index (κ2) is 7.49. The average molecular weight is 347 g/mol. The fourth-order valence-electron chi connectivity index (χ4n) is 2.84. The average Bonchev–Trinajstić information content (AvgIpc) is 2.67. The molecule has 0 aliphatic rings. The van der Waals surface area contributed by atoms with Crippen LogP contribution in [0.5, 0.6) is 5.75 Å². The van der Waals surface area contributed by atoms with Crippen LogP contribution in [0.2, 0.25) is 13.1 Å². The normalized spacial score (nSPS) is 11.1. The van der Waals surface area contributed by atoms with E-state index in [1.807, 2.05) is 72.8 Å². The summed E-state index contributed by atoms with van der Waals surface area (Å²) in [6.07, 6.45) is 0. The summed E-state index contributed by atoms with van der Waals surface area (Å²) >= 11 is 0. The Labute approximate surface area is 150 Å². The number of ether oxygens (including phenoxy) is 1. The molecule has 0 spiro atoms. The molecular formula is C22H22O2Si. The van der Waals surface area contributed by atoms with Gasteiger partial charge in [0.15, 0.2) is 8.07 Å². The molecule has 0 aliphatic carbocycles. The van der Waals surface area contributed by atoms with Crippen LogP contribution in [0.15, 0.2) is 84.9 Å². The predicted molar refractivity (Wildman–Crippen MR) is 105 cm³/mol. The van der Waals surface area contributed by atoms with Gasteiger partial charge in [-0.2, -0.15) is 0 Å². The van der Waals surface area contributed by atoms with Gasteiger partial charge in [0.25, 0.3) is 0 Å². The topological polar surface area (TPSA) is 26.3 Å². The van der Waals surface area contributed by atoms with Gasteiger partial charge in [-0.3, -0.25) is 4.79 Å². The minimum absolute atomic E-state index is 0.197. The molecule has 126 valence electrons. The molecule has 0 saturated heterocycles. The van der Waals surface area contributed by atoms with Crippen LogP contribution in [0, 0.1) is 0 Å². The lowest BCUT2D eigenvalue weighted by Crippen LogP contribution is -2.49. The maximum Gasteiger partial charge on any atom is 0.163 e. The Balaban J connectivity index is 1.86. The SMILES string of the molecule is C[Si](C)(C(=O)c1ccccc1OCc1ccccc1)c1ccccc1. The highest BCUT2D eigenvalue weighted by Gasteiger charge is 2.34. The van der Waals surface area contributed by atoms with Crippen LogP contribution in [0.1, 0.15) is 15.9 Å². The van der Waals surface area contributed by atoms with Crippen molar-refractivity contribution < 1.29 is 9.53 Å². The van der Waals surface area contributed by atoms with Crippen LogP contribution >= 0.6 is 0 Å². The lowest BCUT2D eigenvalue weighted by Gasteiger charge is -2.22. The predicted octanol–water partition coefficient (Wildman–Crippen LogP) is 4.60. The summed E-state index contributed by atoms with van der Waals surface area (Å²) < 4.78 is 5.98. The zero-order chi connectivity index (χ0) is 17.7. The number of rotatable bonds is 6. The van der Waals surface area contributed by atoms with E-state index >= 15 is 0 Å². The zero-order valence-corrected chi connectivity index (χ0v) is 15.6. The van der Waals surface area contributed by atoms with Crippen molar-refractivity contribution in [3.8, 4) is 5.75 Å². The molecule has 0 saturated carbocycles. The second-order valence-corrected chi connectivity index (χ2v) is 10.9. The Morgan fingerprint density at radius 2 is 1.36 bits per heavy atom. The minimum Gasteiger partial charge on any atom is -0.488 e. The number of hydrogen-bond acceptors (Lipinski definition) is 2. The molecule has 0 amide bonds. The van der Waals surface area contributed by atoms with E-state index in [9.17, 15) is 4.79 Å². The van der Waals surface area contributed by atoms with Crippen LogP contribution in [-0.2, 0) is 6.61 Å². The Bertz CT molecular complexity index is 842. The lowest BCUT2D eigenvalue weighted by molar-refractivity contribution is 0.106. The van der Waals surface area contributed by atoms with Gasteiger partial charge in [0, 0.05) is 0 Å². The highest BCUT2D eigenvalue weighted by molar-refractivity contribution is 7.14. The summed E-state index contributed by atoms with van der Waals surface area (Å²) in [6.45, 7) is 4.65. The molecule has 0 unspecified atom stereocenters. The van der Waals surface area contributed by atoms with Gasteiger partial charge in [0.2, 0.25) is 0 Å². The second-order valence-electron chi connectivity index (χ2n) is 6.59. The Morgan fingerprint density at radius 3 is 2.04 bits per heavy atom. The molecule has 0 aliphatic heterocycles. The lowest BCUT2D eigenvalue weighted by atomic mass is 10.2. The van der Waals surface area contributed by atoms with Crippen molar-refractivity contribution in [1.29, 1.82) is 0 Å². The summed E-state index contributed by atoms with van der Waals surface area (Å²) in [7, 11) is -2.28. The molecule has 0 bridgehead atoms. The highest BCUT2D eigenvalue weighted by Crippen LogP contribution is 2.24. The van der Waals surface area contributed by atoms with Gasteiger partial charge in [0.1, 0.15) is 17.8 Å². The first-order valence-electron chi connectivity index (χ1n) is 8.45. The Kier molecular flexibility index (Phi) is 5.15. The van der Waals surface area contributed by atoms with Gasteiger partial charge in [0.05, 0.1) is 5.56 Å². The van der Waals surface area contributed by atoms with E-state index in [0.717, 1.165) is 10.8 Å². The van der Waals surface area contributed by atoms with Gasteiger partial charge in [-0.05, 0) is 17.7 Å². The van der Waals surface area contributed by atoms with Crippen molar-refractivity contribution in [3.05, 3.63) is 96.1 Å². The quantitative estimate of drug-likeness (QED) is 0.610. The maximum atomic E-state index is 13.3. The molecule has 3 aromatic rings. The fourth-order valence-corrected chi connectivity index (χ4v) is 5.01. The molecule has 0 heterocycles. The summed E-state index contributed by atoms with van der Waals surface area (Å²) in [5, 5.41) is 1.33. The highest BCUT2D eigenvalue weighted by atomic mass is 28.3. The molecule has 0 radical (unpaired) electrons. The van der Waals surface area contributed by atoms with E-state index in [4.69, 9.17) is 4.74 Å². The maximum absolute atomic E-state index is 13.3. The molecule has 0 aromatic heterocycles. The van der Waals surface area contributed by atoms with Gasteiger partial charge in [-0.1, -0.05) is 91.1 Å². The number of carbonyl (C=O) groups is 1. The van der Waals surface area contributed by atoms with Crippen LogP contribution < -0.4 is 9.92 Å². The van der Waals surface area contributed by atoms with Gasteiger partial charge >= 0.3 is 0 Å². The monoisotopic (exact) mass is 346 g/mol. The molecule has 3 heteroatoms. The number of benzene rings is 3. The van der Waals surface area contributed by atoms with E-state index in [-0.39, 0.29) is 5.41 Å². The van der Waals surface area contributed by atoms with Gasteiger partial charge < -0.3 is 4.74 Å². The summed E-state index contributed by atoms with van der Waals surface area (Å²) in [5.74, 6) is 0.660. The molecule has 0 N–H and O–H groups in total. The van der Waals surface area contributed by atoms with Crippen molar-refractivity contribution in [2.75, 3.05) is 0 Å². The van der Waals surface area contributed by atoms with Gasteiger partial charge in [-0.15, -0.1) is 0 Å². The molecule has 0 atom stereocenters. The van der Waals surface area contributed by atoms with Gasteiger partial charge in [-0.25, -0.2) is 0 Å². The summed E-state index contributed by atoms with van der Waals surface area (Å²) in [5.41, 5.74) is 1.77. The third-order valence-corrected chi connectivity index (χ3v) is 7.61. The first-order valence-corrected chi connectivity index (χ1v) is 11.4.